The van der Waals surface area contributed by atoms with E-state index in [2.05, 4.69) is 0 Å². The Morgan fingerprint density at radius 3 is 2.25 bits per heavy atom. The van der Waals surface area contributed by atoms with Crippen LogP contribution in [0.15, 0.2) is 11.1 Å². The van der Waals surface area contributed by atoms with Crippen LogP contribution in [0, 0.1) is 22.7 Å². The molecule has 158 valence electrons. The second kappa shape index (κ2) is 5.77. The van der Waals surface area contributed by atoms with Gasteiger partial charge in [-0.05, 0) is 13.3 Å². The van der Waals surface area contributed by atoms with E-state index in [1.54, 1.807) is 13.8 Å². The molecule has 0 spiro atoms. The van der Waals surface area contributed by atoms with Crippen LogP contribution < -0.4 is 0 Å². The maximum atomic E-state index is 12.4. The molecule has 1 heterocycles. The van der Waals surface area contributed by atoms with E-state index in [9.17, 15) is 35.4 Å². The van der Waals surface area contributed by atoms with Gasteiger partial charge in [-0.15, -0.1) is 0 Å². The molecule has 0 radical (unpaired) electrons. The van der Waals surface area contributed by atoms with Crippen LogP contribution in [-0.4, -0.2) is 78.8 Å². The summed E-state index contributed by atoms with van der Waals surface area (Å²) in [4.78, 5) is 12.4. The van der Waals surface area contributed by atoms with Gasteiger partial charge in [0.2, 0.25) is 0 Å². The van der Waals surface area contributed by atoms with Gasteiger partial charge in [-0.3, -0.25) is 0 Å². The first-order valence-electron chi connectivity index (χ1n) is 9.86. The molecule has 0 unspecified atom stereocenters. The normalized spacial score (nSPS) is 58.7. The summed E-state index contributed by atoms with van der Waals surface area (Å²) >= 11 is 0. The second-order valence-corrected chi connectivity index (χ2v) is 9.65. The lowest BCUT2D eigenvalue weighted by Gasteiger charge is -2.71. The minimum Gasteiger partial charge on any atom is -0.459 e. The third-order valence-electron chi connectivity index (χ3n) is 8.67. The molecule has 28 heavy (non-hydrogen) atoms. The molecule has 3 aliphatic carbocycles. The summed E-state index contributed by atoms with van der Waals surface area (Å²) in [7, 11) is 0. The topological polar surface area (TPSA) is 148 Å². The molecule has 1 saturated heterocycles. The summed E-state index contributed by atoms with van der Waals surface area (Å²) in [5, 5.41) is 65.7. The third kappa shape index (κ3) is 1.94. The minimum atomic E-state index is -2.07. The molecule has 0 amide bonds. The Balaban J connectivity index is 2.02. The van der Waals surface area contributed by atoms with E-state index >= 15 is 0 Å². The van der Waals surface area contributed by atoms with Crippen molar-refractivity contribution in [3.05, 3.63) is 11.1 Å². The van der Waals surface area contributed by atoms with Gasteiger partial charge in [0, 0.05) is 29.1 Å². The molecule has 3 fully saturated rings. The van der Waals surface area contributed by atoms with Crippen molar-refractivity contribution in [2.45, 2.75) is 82.8 Å². The van der Waals surface area contributed by atoms with Crippen molar-refractivity contribution < 1.29 is 40.2 Å². The SMILES string of the molecule is CC1=C2C[C@H]3OC(=O)[C@H](O)[C@@]4(O)[C@@H](C)[C@@H](O)[C@H](O)[C@@H]([C@@]2(C)[C@H](O)[C@@H](O)C1)[C@@]34C. The average Bonchev–Trinajstić information content (AvgIpc) is 2.63. The van der Waals surface area contributed by atoms with Gasteiger partial charge < -0.3 is 35.4 Å². The number of rotatable bonds is 0. The molecule has 1 aliphatic heterocycles. The number of carbonyl (C=O) groups is 1. The number of hydrogen-bond acceptors (Lipinski definition) is 8. The molecular formula is C20H30O8. The Morgan fingerprint density at radius 1 is 1.04 bits per heavy atom. The zero-order chi connectivity index (χ0) is 21.0. The Hall–Kier alpha value is -1.03. The van der Waals surface area contributed by atoms with E-state index in [0.29, 0.717) is 0 Å². The standard InChI is InChI=1S/C20H30O8/c1-7-5-10(21)15(24)18(3)9(7)6-11-19(4)14(18)13(23)12(22)8(2)20(19,27)16(25)17(26)28-11/h8,10-16,21-25,27H,5-6H2,1-4H3/t8-,10-,11+,12+,13-,14-,15+,16-,18-,19+,20-/m0/s1. The van der Waals surface area contributed by atoms with Gasteiger partial charge in [0.15, 0.2) is 6.10 Å². The fourth-order valence-electron chi connectivity index (χ4n) is 7.13. The van der Waals surface area contributed by atoms with E-state index in [4.69, 9.17) is 4.74 Å². The van der Waals surface area contributed by atoms with Crippen LogP contribution in [-0.2, 0) is 9.53 Å². The van der Waals surface area contributed by atoms with Crippen LogP contribution in [0.2, 0.25) is 0 Å². The molecule has 2 saturated carbocycles. The predicted octanol–water partition coefficient (Wildman–Crippen LogP) is -1.15. The molecule has 6 N–H and O–H groups in total. The zero-order valence-electron chi connectivity index (χ0n) is 16.5. The van der Waals surface area contributed by atoms with Crippen LogP contribution in [0.1, 0.15) is 40.5 Å². The summed E-state index contributed by atoms with van der Waals surface area (Å²) in [5.74, 6) is -2.94. The van der Waals surface area contributed by atoms with Crippen LogP contribution in [0.3, 0.4) is 0 Å². The molecule has 8 nitrogen and oxygen atoms in total. The largest absolute Gasteiger partial charge is 0.459 e. The van der Waals surface area contributed by atoms with E-state index in [1.165, 1.54) is 6.92 Å². The molecule has 0 aromatic carbocycles. The van der Waals surface area contributed by atoms with Crippen LogP contribution in [0.5, 0.6) is 0 Å². The number of esters is 1. The Bertz CT molecular complexity index is 750. The molecule has 11 atom stereocenters. The van der Waals surface area contributed by atoms with Crippen molar-refractivity contribution in [3.8, 4) is 0 Å². The first kappa shape index (κ1) is 20.3. The highest BCUT2D eigenvalue weighted by Crippen LogP contribution is 2.69. The maximum Gasteiger partial charge on any atom is 0.338 e. The molecule has 0 aromatic rings. The summed E-state index contributed by atoms with van der Waals surface area (Å²) in [6.07, 6.45) is -7.39. The number of ether oxygens (including phenoxy) is 1. The van der Waals surface area contributed by atoms with E-state index < -0.39 is 70.9 Å². The quantitative estimate of drug-likeness (QED) is 0.221. The van der Waals surface area contributed by atoms with Crippen molar-refractivity contribution in [2.24, 2.45) is 22.7 Å². The number of fused-ring (bicyclic) bond motifs is 2. The lowest BCUT2D eigenvalue weighted by molar-refractivity contribution is -0.346. The fourth-order valence-corrected chi connectivity index (χ4v) is 7.13. The molecule has 4 aliphatic rings. The average molecular weight is 398 g/mol. The third-order valence-corrected chi connectivity index (χ3v) is 8.67. The number of aliphatic hydroxyl groups is 6. The van der Waals surface area contributed by atoms with Crippen molar-refractivity contribution >= 4 is 5.97 Å². The highest BCUT2D eigenvalue weighted by molar-refractivity contribution is 5.78. The predicted molar refractivity (Wildman–Crippen MR) is 95.7 cm³/mol. The zero-order valence-corrected chi connectivity index (χ0v) is 16.5. The highest BCUT2D eigenvalue weighted by atomic mass is 16.6. The lowest BCUT2D eigenvalue weighted by atomic mass is 9.38. The van der Waals surface area contributed by atoms with Gasteiger partial charge >= 0.3 is 5.97 Å². The van der Waals surface area contributed by atoms with Gasteiger partial charge in [-0.25, -0.2) is 4.79 Å². The molecule has 0 aromatic heterocycles. The van der Waals surface area contributed by atoms with Gasteiger partial charge in [-0.2, -0.15) is 0 Å². The van der Waals surface area contributed by atoms with Crippen LogP contribution >= 0.6 is 0 Å². The molecular weight excluding hydrogens is 368 g/mol. The second-order valence-electron chi connectivity index (χ2n) is 9.65. The Labute approximate surface area is 163 Å². The van der Waals surface area contributed by atoms with Crippen LogP contribution in [0.25, 0.3) is 0 Å². The van der Waals surface area contributed by atoms with Gasteiger partial charge in [-0.1, -0.05) is 31.9 Å². The first-order chi connectivity index (χ1) is 12.8. The molecule has 0 bridgehead atoms. The van der Waals surface area contributed by atoms with Crippen LogP contribution in [0.4, 0.5) is 0 Å². The molecule has 8 heteroatoms. The Kier molecular flexibility index (Phi) is 4.17. The summed E-state index contributed by atoms with van der Waals surface area (Å²) in [6, 6.07) is 0. The number of hydrogen-bond donors (Lipinski definition) is 6. The molecule has 4 rings (SSSR count). The summed E-state index contributed by atoms with van der Waals surface area (Å²) < 4.78 is 5.52. The van der Waals surface area contributed by atoms with Crippen molar-refractivity contribution in [1.29, 1.82) is 0 Å². The summed E-state index contributed by atoms with van der Waals surface area (Å²) in [5.41, 5.74) is -3.01. The van der Waals surface area contributed by atoms with Gasteiger partial charge in [0.05, 0.1) is 24.4 Å². The highest BCUT2D eigenvalue weighted by Gasteiger charge is 2.78. The van der Waals surface area contributed by atoms with Gasteiger partial charge in [0.1, 0.15) is 11.7 Å². The number of carbonyl (C=O) groups excluding carboxylic acids is 1. The minimum absolute atomic E-state index is 0.218. The fraction of sp³-hybridized carbons (Fsp3) is 0.850. The monoisotopic (exact) mass is 398 g/mol. The summed E-state index contributed by atoms with van der Waals surface area (Å²) in [6.45, 7) is 6.65. The number of aliphatic hydroxyl groups excluding tert-OH is 5. The Morgan fingerprint density at radius 2 is 1.64 bits per heavy atom. The van der Waals surface area contributed by atoms with E-state index in [1.807, 2.05) is 6.92 Å². The van der Waals surface area contributed by atoms with E-state index in [-0.39, 0.29) is 12.8 Å². The maximum absolute atomic E-state index is 12.4. The van der Waals surface area contributed by atoms with E-state index in [0.717, 1.165) is 11.1 Å². The van der Waals surface area contributed by atoms with Crippen molar-refractivity contribution in [1.82, 2.24) is 0 Å². The van der Waals surface area contributed by atoms with Crippen molar-refractivity contribution in [3.63, 3.8) is 0 Å². The van der Waals surface area contributed by atoms with Gasteiger partial charge in [0.25, 0.3) is 0 Å². The first-order valence-corrected chi connectivity index (χ1v) is 9.86. The lowest BCUT2D eigenvalue weighted by Crippen LogP contribution is -2.82. The smallest absolute Gasteiger partial charge is 0.338 e. The van der Waals surface area contributed by atoms with Crippen molar-refractivity contribution in [2.75, 3.05) is 0 Å².